The predicted octanol–water partition coefficient (Wildman–Crippen LogP) is 3.62. The highest BCUT2D eigenvalue weighted by molar-refractivity contribution is 5.92. The van der Waals surface area contributed by atoms with Crippen molar-refractivity contribution in [3.63, 3.8) is 0 Å². The van der Waals surface area contributed by atoms with Crippen LogP contribution in [0.15, 0.2) is 18.2 Å². The van der Waals surface area contributed by atoms with Gasteiger partial charge in [-0.05, 0) is 31.0 Å². The summed E-state index contributed by atoms with van der Waals surface area (Å²) in [5.74, 6) is -0.194. The van der Waals surface area contributed by atoms with E-state index in [2.05, 4.69) is 19.2 Å². The fraction of sp³-hybridized carbons (Fsp3) is 0.588. The van der Waals surface area contributed by atoms with Crippen LogP contribution >= 0.6 is 0 Å². The number of nitrogens with two attached hydrogens (primary N) is 1. The maximum Gasteiger partial charge on any atom is 0.248 e. The van der Waals surface area contributed by atoms with Crippen molar-refractivity contribution in [2.75, 3.05) is 6.54 Å². The van der Waals surface area contributed by atoms with Crippen molar-refractivity contribution in [2.45, 2.75) is 52.5 Å². The lowest BCUT2D eigenvalue weighted by Crippen LogP contribution is -2.16. The number of rotatable bonds is 10. The third-order valence-corrected chi connectivity index (χ3v) is 3.54. The summed E-state index contributed by atoms with van der Waals surface area (Å²) >= 11 is 0. The zero-order valence-electron chi connectivity index (χ0n) is 13.1. The maximum atomic E-state index is 13.7. The third-order valence-electron chi connectivity index (χ3n) is 3.54. The molecule has 1 amide bonds. The lowest BCUT2D eigenvalue weighted by atomic mass is 10.0. The van der Waals surface area contributed by atoms with Gasteiger partial charge in [0.05, 0.1) is 0 Å². The number of carbonyl (C=O) groups excluding carboxylic acids is 1. The Hall–Kier alpha value is -1.42. The van der Waals surface area contributed by atoms with Gasteiger partial charge in [0.1, 0.15) is 5.82 Å². The van der Waals surface area contributed by atoms with E-state index >= 15 is 0 Å². The van der Waals surface area contributed by atoms with Gasteiger partial charge in [-0.2, -0.15) is 0 Å². The lowest BCUT2D eigenvalue weighted by molar-refractivity contribution is 0.1000. The van der Waals surface area contributed by atoms with E-state index < -0.39 is 5.91 Å². The van der Waals surface area contributed by atoms with Crippen molar-refractivity contribution in [2.24, 2.45) is 11.7 Å². The van der Waals surface area contributed by atoms with Gasteiger partial charge in [0.15, 0.2) is 0 Å². The van der Waals surface area contributed by atoms with E-state index in [-0.39, 0.29) is 11.4 Å². The zero-order valence-corrected chi connectivity index (χ0v) is 13.1. The first-order chi connectivity index (χ1) is 10.0. The fourth-order valence-electron chi connectivity index (χ4n) is 2.22. The first kappa shape index (κ1) is 17.6. The van der Waals surface area contributed by atoms with E-state index in [4.69, 9.17) is 5.73 Å². The number of unbranched alkanes of at least 4 members (excludes halogenated alkanes) is 3. The standard InChI is InChI=1S/C17H27FN2O/c1-13(2)7-5-3-4-6-10-20-12-15-9-8-14(17(19)21)11-16(15)18/h8-9,11,13,20H,3-7,10,12H2,1-2H3,(H2,19,21). The molecule has 0 unspecified atom stereocenters. The minimum Gasteiger partial charge on any atom is -0.366 e. The molecule has 1 rings (SSSR count). The predicted molar refractivity (Wildman–Crippen MR) is 84.5 cm³/mol. The molecule has 0 bridgehead atoms. The molecule has 118 valence electrons. The molecule has 21 heavy (non-hydrogen) atoms. The van der Waals surface area contributed by atoms with Gasteiger partial charge in [0, 0.05) is 17.7 Å². The summed E-state index contributed by atoms with van der Waals surface area (Å²) in [4.78, 5) is 10.9. The Balaban J connectivity index is 2.17. The summed E-state index contributed by atoms with van der Waals surface area (Å²) in [6, 6.07) is 4.38. The number of amides is 1. The molecule has 0 fully saturated rings. The second-order valence-electron chi connectivity index (χ2n) is 5.94. The molecule has 3 N–H and O–H groups in total. The average molecular weight is 294 g/mol. The van der Waals surface area contributed by atoms with Crippen molar-refractivity contribution < 1.29 is 9.18 Å². The summed E-state index contributed by atoms with van der Waals surface area (Å²) in [6.45, 7) is 5.87. The Bertz CT molecular complexity index is 446. The minimum absolute atomic E-state index is 0.210. The summed E-state index contributed by atoms with van der Waals surface area (Å²) in [7, 11) is 0. The highest BCUT2D eigenvalue weighted by atomic mass is 19.1. The molecule has 0 aliphatic carbocycles. The molecule has 3 nitrogen and oxygen atoms in total. The van der Waals surface area contributed by atoms with Gasteiger partial charge in [0.2, 0.25) is 5.91 Å². The number of hydrogen-bond donors (Lipinski definition) is 2. The van der Waals surface area contributed by atoms with Crippen LogP contribution in [0.2, 0.25) is 0 Å². The second kappa shape index (κ2) is 9.50. The topological polar surface area (TPSA) is 55.1 Å². The summed E-state index contributed by atoms with van der Waals surface area (Å²) in [6.07, 6.45) is 6.18. The Morgan fingerprint density at radius 3 is 2.57 bits per heavy atom. The number of hydrogen-bond acceptors (Lipinski definition) is 2. The Labute approximate surface area is 127 Å². The molecule has 1 aromatic carbocycles. The van der Waals surface area contributed by atoms with Gasteiger partial charge in [-0.15, -0.1) is 0 Å². The van der Waals surface area contributed by atoms with Gasteiger partial charge in [0.25, 0.3) is 0 Å². The van der Waals surface area contributed by atoms with Crippen LogP contribution in [-0.4, -0.2) is 12.5 Å². The number of carbonyl (C=O) groups is 1. The molecule has 1 aromatic rings. The van der Waals surface area contributed by atoms with Crippen molar-refractivity contribution >= 4 is 5.91 Å². The number of primary amides is 1. The summed E-state index contributed by atoms with van der Waals surface area (Å²) in [5.41, 5.74) is 5.89. The number of nitrogens with one attached hydrogen (secondary N) is 1. The van der Waals surface area contributed by atoms with Crippen molar-refractivity contribution in [1.82, 2.24) is 5.32 Å². The molecule has 0 heterocycles. The minimum atomic E-state index is -0.602. The second-order valence-corrected chi connectivity index (χ2v) is 5.94. The summed E-state index contributed by atoms with van der Waals surface area (Å²) in [5, 5.41) is 3.23. The third kappa shape index (κ3) is 7.23. The van der Waals surface area contributed by atoms with Crippen LogP contribution in [0.4, 0.5) is 4.39 Å². The average Bonchev–Trinajstić information content (AvgIpc) is 2.42. The van der Waals surface area contributed by atoms with Gasteiger partial charge < -0.3 is 11.1 Å². The Morgan fingerprint density at radius 2 is 1.95 bits per heavy atom. The Morgan fingerprint density at radius 1 is 1.24 bits per heavy atom. The largest absolute Gasteiger partial charge is 0.366 e. The van der Waals surface area contributed by atoms with E-state index in [1.54, 1.807) is 12.1 Å². The normalized spacial score (nSPS) is 11.0. The van der Waals surface area contributed by atoms with E-state index in [0.717, 1.165) is 18.9 Å². The zero-order chi connectivity index (χ0) is 15.7. The molecule has 0 saturated heterocycles. The number of halogens is 1. The SMILES string of the molecule is CC(C)CCCCCCNCc1ccc(C(N)=O)cc1F. The molecule has 0 atom stereocenters. The van der Waals surface area contributed by atoms with Crippen molar-refractivity contribution in [3.05, 3.63) is 35.1 Å². The van der Waals surface area contributed by atoms with Crippen LogP contribution in [0.5, 0.6) is 0 Å². The molecule has 0 aliphatic heterocycles. The van der Waals surface area contributed by atoms with Crippen LogP contribution in [0.25, 0.3) is 0 Å². The van der Waals surface area contributed by atoms with Gasteiger partial charge in [-0.25, -0.2) is 4.39 Å². The molecule has 0 saturated carbocycles. The van der Waals surface area contributed by atoms with E-state index in [1.165, 1.54) is 31.7 Å². The van der Waals surface area contributed by atoms with Crippen LogP contribution in [0.3, 0.4) is 0 Å². The van der Waals surface area contributed by atoms with E-state index in [0.29, 0.717) is 12.1 Å². The molecular formula is C17H27FN2O. The highest BCUT2D eigenvalue weighted by Gasteiger charge is 2.06. The van der Waals surface area contributed by atoms with Gasteiger partial charge in [-0.3, -0.25) is 4.79 Å². The quantitative estimate of drug-likeness (QED) is 0.648. The van der Waals surface area contributed by atoms with Crippen LogP contribution in [0.1, 0.15) is 61.9 Å². The first-order valence-corrected chi connectivity index (χ1v) is 7.79. The Kier molecular flexibility index (Phi) is 7.98. The molecule has 0 aliphatic rings. The van der Waals surface area contributed by atoms with E-state index in [1.807, 2.05) is 0 Å². The van der Waals surface area contributed by atoms with Gasteiger partial charge in [-0.1, -0.05) is 45.6 Å². The first-order valence-electron chi connectivity index (χ1n) is 7.79. The monoisotopic (exact) mass is 294 g/mol. The maximum absolute atomic E-state index is 13.7. The van der Waals surface area contributed by atoms with Gasteiger partial charge >= 0.3 is 0 Å². The van der Waals surface area contributed by atoms with E-state index in [9.17, 15) is 9.18 Å². The van der Waals surface area contributed by atoms with Crippen LogP contribution < -0.4 is 11.1 Å². The molecule has 0 spiro atoms. The fourth-order valence-corrected chi connectivity index (χ4v) is 2.22. The lowest BCUT2D eigenvalue weighted by Gasteiger charge is -2.07. The van der Waals surface area contributed by atoms with Crippen molar-refractivity contribution in [3.8, 4) is 0 Å². The smallest absolute Gasteiger partial charge is 0.248 e. The van der Waals surface area contributed by atoms with Crippen LogP contribution in [0, 0.1) is 11.7 Å². The molecule has 0 radical (unpaired) electrons. The highest BCUT2D eigenvalue weighted by Crippen LogP contribution is 2.11. The molecular weight excluding hydrogens is 267 g/mol. The number of benzene rings is 1. The van der Waals surface area contributed by atoms with Crippen LogP contribution in [-0.2, 0) is 6.54 Å². The van der Waals surface area contributed by atoms with Crippen molar-refractivity contribution in [1.29, 1.82) is 0 Å². The molecule has 4 heteroatoms. The molecule has 0 aromatic heterocycles. The summed E-state index contributed by atoms with van der Waals surface area (Å²) < 4.78 is 13.7.